The number of Topliss-reactive ketones (excluding diaryl/α,β-unsaturated/α-hetero) is 1. The standard InChI is InChI=1S/C36H34N6O11S/c1-19-27(31(40-30(19)28(20(2)43)33(40)45)35(46)52-16-21-3-7-24(8-4-21)41(48)49)26-15-39-18-37-29(34(39)54-26)32(44)23-11-13-38(14-12-23)36(47)53-17-22-5-9-25(10-6-22)42(50)51/h3-10,15,18-20,23,28,30,43H,11-14,16-17H2,1-2H3/t19-,20+,28+,30+/m0/s1. The fraction of sp³-hybridized carbons (Fsp3) is 0.361. The highest BCUT2D eigenvalue weighted by Gasteiger charge is 2.60. The molecule has 2 aromatic heterocycles. The number of nitrogens with zero attached hydrogens (tertiary/aromatic N) is 6. The minimum absolute atomic E-state index is 0.0505. The zero-order valence-electron chi connectivity index (χ0n) is 29.0. The summed E-state index contributed by atoms with van der Waals surface area (Å²) in [7, 11) is 0. The summed E-state index contributed by atoms with van der Waals surface area (Å²) >= 11 is 1.25. The molecule has 2 fully saturated rings. The van der Waals surface area contributed by atoms with Gasteiger partial charge in [0.1, 0.15) is 35.8 Å². The van der Waals surface area contributed by atoms with Crippen LogP contribution < -0.4 is 0 Å². The molecular formula is C36H34N6O11S. The minimum atomic E-state index is -0.950. The molecule has 54 heavy (non-hydrogen) atoms. The van der Waals surface area contributed by atoms with Crippen molar-refractivity contribution in [2.75, 3.05) is 13.1 Å². The molecule has 2 saturated heterocycles. The summed E-state index contributed by atoms with van der Waals surface area (Å²) < 4.78 is 12.7. The van der Waals surface area contributed by atoms with Crippen LogP contribution in [0, 0.1) is 38.0 Å². The van der Waals surface area contributed by atoms with Gasteiger partial charge in [0, 0.05) is 61.0 Å². The highest BCUT2D eigenvalue weighted by molar-refractivity contribution is 7.18. The van der Waals surface area contributed by atoms with Crippen LogP contribution in [-0.4, -0.2) is 83.1 Å². The topological polar surface area (TPSA) is 217 Å². The van der Waals surface area contributed by atoms with Crippen molar-refractivity contribution in [3.05, 3.63) is 109 Å². The first-order valence-corrected chi connectivity index (χ1v) is 18.0. The normalized spacial score (nSPS) is 20.4. The molecule has 5 heterocycles. The number of fused-ring (bicyclic) bond motifs is 2. The van der Waals surface area contributed by atoms with Crippen LogP contribution in [0.25, 0.3) is 10.4 Å². The van der Waals surface area contributed by atoms with Crippen LogP contribution >= 0.6 is 11.3 Å². The number of nitro groups is 2. The van der Waals surface area contributed by atoms with Gasteiger partial charge in [-0.3, -0.25) is 34.2 Å². The van der Waals surface area contributed by atoms with E-state index in [-0.39, 0.29) is 60.8 Å². The molecule has 3 aliphatic heterocycles. The molecule has 4 aromatic rings. The molecule has 0 aliphatic carbocycles. The lowest BCUT2D eigenvalue weighted by Gasteiger charge is -2.46. The number of β-lactam (4-membered cyclic amide) rings is 1. The van der Waals surface area contributed by atoms with E-state index in [0.29, 0.717) is 39.2 Å². The van der Waals surface area contributed by atoms with Crippen molar-refractivity contribution in [1.29, 1.82) is 0 Å². The third-order valence-electron chi connectivity index (χ3n) is 10.2. The number of benzene rings is 2. The van der Waals surface area contributed by atoms with E-state index in [1.54, 1.807) is 10.6 Å². The number of aliphatic hydroxyl groups is 1. The van der Waals surface area contributed by atoms with Gasteiger partial charge in [-0.2, -0.15) is 0 Å². The Balaban J connectivity index is 1.06. The summed E-state index contributed by atoms with van der Waals surface area (Å²) in [6.07, 6.45) is 2.53. The first-order chi connectivity index (χ1) is 25.8. The number of piperidine rings is 1. The Morgan fingerprint density at radius 1 is 0.963 bits per heavy atom. The number of thiazole rings is 1. The van der Waals surface area contributed by atoms with Gasteiger partial charge in [0.2, 0.25) is 5.91 Å². The Bertz CT molecular complexity index is 2200. The van der Waals surface area contributed by atoms with Crippen molar-refractivity contribution in [2.45, 2.75) is 52.0 Å². The lowest BCUT2D eigenvalue weighted by atomic mass is 9.77. The van der Waals surface area contributed by atoms with Gasteiger partial charge in [-0.15, -0.1) is 11.3 Å². The van der Waals surface area contributed by atoms with Crippen LogP contribution in [0.4, 0.5) is 16.2 Å². The lowest BCUT2D eigenvalue weighted by molar-refractivity contribution is -0.385. The number of ketones is 1. The van der Waals surface area contributed by atoms with Crippen LogP contribution in [0.5, 0.6) is 0 Å². The molecule has 17 nitrogen and oxygen atoms in total. The minimum Gasteiger partial charge on any atom is -0.456 e. The first-order valence-electron chi connectivity index (χ1n) is 17.2. The van der Waals surface area contributed by atoms with E-state index in [2.05, 4.69) is 4.98 Å². The molecule has 4 atom stereocenters. The largest absolute Gasteiger partial charge is 0.456 e. The predicted octanol–water partition coefficient (Wildman–Crippen LogP) is 4.76. The van der Waals surface area contributed by atoms with E-state index in [4.69, 9.17) is 9.47 Å². The van der Waals surface area contributed by atoms with Crippen molar-refractivity contribution in [1.82, 2.24) is 19.2 Å². The van der Waals surface area contributed by atoms with Gasteiger partial charge in [-0.1, -0.05) is 6.92 Å². The number of carbonyl (C=O) groups excluding carboxylic acids is 4. The molecular weight excluding hydrogens is 724 g/mol. The molecule has 0 bridgehead atoms. The van der Waals surface area contributed by atoms with E-state index in [9.17, 15) is 44.5 Å². The Labute approximate surface area is 310 Å². The fourth-order valence-corrected chi connectivity index (χ4v) is 8.60. The number of aromatic nitrogens is 2. The molecule has 18 heteroatoms. The number of esters is 1. The van der Waals surface area contributed by atoms with Gasteiger partial charge in [-0.25, -0.2) is 14.6 Å². The zero-order valence-corrected chi connectivity index (χ0v) is 29.8. The Kier molecular flexibility index (Phi) is 9.71. The SMILES string of the molecule is C[C@@H](O)[C@H]1C(=O)N2C(C(=O)OCc3ccc([N+](=O)[O-])cc3)=C(c3cn4cnc(C(=O)C5CCN(C(=O)OCc6ccc([N+](=O)[O-])cc6)CC5)c4s3)[C@H](C)[C@H]12. The number of non-ortho nitro benzene ring substituents is 2. The quantitative estimate of drug-likeness (QED) is 0.0720. The van der Waals surface area contributed by atoms with Crippen molar-refractivity contribution in [2.24, 2.45) is 17.8 Å². The Morgan fingerprint density at radius 2 is 1.54 bits per heavy atom. The molecule has 1 N–H and O–H groups in total. The van der Waals surface area contributed by atoms with E-state index in [1.165, 1.54) is 82.9 Å². The number of carbonyl (C=O) groups is 4. The number of amides is 2. The Hall–Kier alpha value is -6.01. The van der Waals surface area contributed by atoms with Crippen molar-refractivity contribution in [3.63, 3.8) is 0 Å². The zero-order chi connectivity index (χ0) is 38.4. The predicted molar refractivity (Wildman–Crippen MR) is 190 cm³/mol. The summed E-state index contributed by atoms with van der Waals surface area (Å²) in [5, 5.41) is 32.3. The molecule has 0 radical (unpaired) electrons. The summed E-state index contributed by atoms with van der Waals surface area (Å²) in [4.78, 5) is 82.9. The molecule has 7 rings (SSSR count). The van der Waals surface area contributed by atoms with Gasteiger partial charge >= 0.3 is 12.1 Å². The van der Waals surface area contributed by atoms with Gasteiger partial charge in [0.25, 0.3) is 11.4 Å². The van der Waals surface area contributed by atoms with Crippen molar-refractivity contribution in [3.8, 4) is 0 Å². The van der Waals surface area contributed by atoms with Gasteiger partial charge in [-0.05, 0) is 55.2 Å². The molecule has 0 spiro atoms. The van der Waals surface area contributed by atoms with Gasteiger partial charge in [0.15, 0.2) is 5.78 Å². The average Bonchev–Trinajstić information content (AvgIpc) is 3.82. The number of ether oxygens (including phenoxy) is 2. The summed E-state index contributed by atoms with van der Waals surface area (Å²) in [6, 6.07) is 10.8. The second-order valence-electron chi connectivity index (χ2n) is 13.5. The molecule has 0 saturated carbocycles. The maximum Gasteiger partial charge on any atom is 0.410 e. The van der Waals surface area contributed by atoms with E-state index in [1.807, 2.05) is 6.92 Å². The fourth-order valence-electron chi connectivity index (χ4n) is 7.38. The number of rotatable bonds is 11. The number of imidazole rings is 1. The number of likely N-dealkylation sites (tertiary alicyclic amines) is 1. The molecule has 2 amide bonds. The lowest BCUT2D eigenvalue weighted by Crippen LogP contribution is -2.63. The smallest absolute Gasteiger partial charge is 0.410 e. The molecule has 0 unspecified atom stereocenters. The second kappa shape index (κ2) is 14.4. The number of hydrogen-bond donors (Lipinski definition) is 1. The maximum absolute atomic E-state index is 13.8. The molecule has 2 aromatic carbocycles. The average molecular weight is 759 g/mol. The second-order valence-corrected chi connectivity index (χ2v) is 14.6. The van der Waals surface area contributed by atoms with E-state index < -0.39 is 51.8 Å². The van der Waals surface area contributed by atoms with Gasteiger partial charge < -0.3 is 24.4 Å². The Morgan fingerprint density at radius 3 is 2.09 bits per heavy atom. The van der Waals surface area contributed by atoms with Crippen molar-refractivity contribution >= 4 is 56.9 Å². The third kappa shape index (κ3) is 6.57. The molecule has 3 aliphatic rings. The third-order valence-corrected chi connectivity index (χ3v) is 11.4. The van der Waals surface area contributed by atoms with Crippen LogP contribution in [-0.2, 0) is 32.3 Å². The molecule has 280 valence electrons. The summed E-state index contributed by atoms with van der Waals surface area (Å²) in [5.74, 6) is -2.85. The van der Waals surface area contributed by atoms with Crippen LogP contribution in [0.2, 0.25) is 0 Å². The highest BCUT2D eigenvalue weighted by Crippen LogP contribution is 2.52. The van der Waals surface area contributed by atoms with E-state index >= 15 is 0 Å². The summed E-state index contributed by atoms with van der Waals surface area (Å²) in [5.41, 5.74) is 1.79. The summed E-state index contributed by atoms with van der Waals surface area (Å²) in [6.45, 7) is 3.73. The monoisotopic (exact) mass is 758 g/mol. The van der Waals surface area contributed by atoms with E-state index in [0.717, 1.165) is 0 Å². The van der Waals surface area contributed by atoms with Crippen LogP contribution in [0.3, 0.4) is 0 Å². The van der Waals surface area contributed by atoms with Gasteiger partial charge in [0.05, 0.1) is 32.8 Å². The number of nitro benzene ring substituents is 2. The highest BCUT2D eigenvalue weighted by atomic mass is 32.1. The first kappa shape index (κ1) is 36.4. The van der Waals surface area contributed by atoms with Crippen LogP contribution in [0.15, 0.2) is 66.8 Å². The van der Waals surface area contributed by atoms with Crippen LogP contribution in [0.1, 0.15) is 53.2 Å². The number of hydrogen-bond acceptors (Lipinski definition) is 13. The van der Waals surface area contributed by atoms with Crippen molar-refractivity contribution < 1.29 is 43.6 Å². The maximum atomic E-state index is 13.8. The number of aliphatic hydroxyl groups excluding tert-OH is 1.